The third-order valence-electron chi connectivity index (χ3n) is 2.80. The second-order valence-corrected chi connectivity index (χ2v) is 4.74. The van der Waals surface area contributed by atoms with Crippen LogP contribution in [0.15, 0.2) is 18.2 Å². The summed E-state index contributed by atoms with van der Waals surface area (Å²) in [6, 6.07) is 5.60. The van der Waals surface area contributed by atoms with Gasteiger partial charge in [0.05, 0.1) is 12.2 Å². The maximum absolute atomic E-state index is 6.07. The Kier molecular flexibility index (Phi) is 3.55. The minimum atomic E-state index is 0.435. The maximum atomic E-state index is 6.07. The summed E-state index contributed by atoms with van der Waals surface area (Å²) in [5.74, 6) is 0. The van der Waals surface area contributed by atoms with Crippen molar-refractivity contribution in [3.05, 3.63) is 33.8 Å². The summed E-state index contributed by atoms with van der Waals surface area (Å²) in [4.78, 5) is 0. The molecule has 82 valence electrons. The van der Waals surface area contributed by atoms with Gasteiger partial charge in [-0.2, -0.15) is 0 Å². The molecule has 3 heteroatoms. The Morgan fingerprint density at radius 1 is 1.27 bits per heavy atom. The third-order valence-corrected chi connectivity index (χ3v) is 3.40. The molecular formula is C12H14Cl2O. The van der Waals surface area contributed by atoms with Crippen LogP contribution in [-0.4, -0.2) is 12.2 Å². The Morgan fingerprint density at radius 3 is 2.73 bits per heavy atom. The lowest BCUT2D eigenvalue weighted by Gasteiger charge is -2.03. The van der Waals surface area contributed by atoms with Gasteiger partial charge in [-0.1, -0.05) is 30.1 Å². The van der Waals surface area contributed by atoms with E-state index in [-0.39, 0.29) is 0 Å². The summed E-state index contributed by atoms with van der Waals surface area (Å²) < 4.78 is 5.48. The Bertz CT molecular complexity index is 351. The molecule has 2 rings (SSSR count). The van der Waals surface area contributed by atoms with E-state index in [4.69, 9.17) is 27.9 Å². The minimum Gasteiger partial charge on any atom is -0.370 e. The van der Waals surface area contributed by atoms with E-state index in [0.29, 0.717) is 12.2 Å². The van der Waals surface area contributed by atoms with Crippen LogP contribution in [0.3, 0.4) is 0 Å². The first-order valence-corrected chi connectivity index (χ1v) is 6.05. The predicted molar refractivity (Wildman–Crippen MR) is 63.7 cm³/mol. The van der Waals surface area contributed by atoms with Gasteiger partial charge in [-0.05, 0) is 43.0 Å². The highest BCUT2D eigenvalue weighted by molar-refractivity contribution is 6.33. The second-order valence-electron chi connectivity index (χ2n) is 3.90. The molecular weight excluding hydrogens is 231 g/mol. The van der Waals surface area contributed by atoms with Gasteiger partial charge in [-0.3, -0.25) is 0 Å². The Morgan fingerprint density at radius 2 is 2.07 bits per heavy atom. The zero-order valence-corrected chi connectivity index (χ0v) is 10.2. The van der Waals surface area contributed by atoms with E-state index >= 15 is 0 Å². The van der Waals surface area contributed by atoms with Gasteiger partial charge >= 0.3 is 0 Å². The fourth-order valence-electron chi connectivity index (χ4n) is 1.82. The number of epoxide rings is 1. The lowest BCUT2D eigenvalue weighted by atomic mass is 10.1. The third kappa shape index (κ3) is 2.87. The van der Waals surface area contributed by atoms with Crippen LogP contribution in [0.25, 0.3) is 0 Å². The molecule has 0 aromatic heterocycles. The number of rotatable bonds is 4. The monoisotopic (exact) mass is 244 g/mol. The molecule has 0 amide bonds. The normalized spacial score (nSPS) is 24.2. The van der Waals surface area contributed by atoms with Gasteiger partial charge in [-0.15, -0.1) is 0 Å². The van der Waals surface area contributed by atoms with E-state index in [1.165, 1.54) is 0 Å². The quantitative estimate of drug-likeness (QED) is 0.727. The molecule has 2 atom stereocenters. The van der Waals surface area contributed by atoms with Gasteiger partial charge in [0, 0.05) is 10.0 Å². The van der Waals surface area contributed by atoms with Gasteiger partial charge in [-0.25, -0.2) is 0 Å². The van der Waals surface area contributed by atoms with Crippen molar-refractivity contribution in [2.75, 3.05) is 0 Å². The fourth-order valence-corrected chi connectivity index (χ4v) is 2.23. The summed E-state index contributed by atoms with van der Waals surface area (Å²) in [5.41, 5.74) is 1.12. The van der Waals surface area contributed by atoms with Crippen LogP contribution in [0, 0.1) is 0 Å². The lowest BCUT2D eigenvalue weighted by Crippen LogP contribution is -1.96. The van der Waals surface area contributed by atoms with Crippen molar-refractivity contribution in [1.82, 2.24) is 0 Å². The summed E-state index contributed by atoms with van der Waals surface area (Å²) in [5, 5.41) is 1.55. The largest absolute Gasteiger partial charge is 0.370 e. The molecule has 15 heavy (non-hydrogen) atoms. The lowest BCUT2D eigenvalue weighted by molar-refractivity contribution is 0.360. The molecule has 1 nitrogen and oxygen atoms in total. The molecule has 0 N–H and O–H groups in total. The first-order valence-electron chi connectivity index (χ1n) is 5.30. The maximum Gasteiger partial charge on any atom is 0.0845 e. The number of halogens is 2. The highest BCUT2D eigenvalue weighted by Crippen LogP contribution is 2.30. The van der Waals surface area contributed by atoms with Crippen molar-refractivity contribution in [2.24, 2.45) is 0 Å². The van der Waals surface area contributed by atoms with Gasteiger partial charge in [0.2, 0.25) is 0 Å². The molecule has 1 fully saturated rings. The van der Waals surface area contributed by atoms with Crippen LogP contribution in [0.4, 0.5) is 0 Å². The van der Waals surface area contributed by atoms with E-state index < -0.39 is 0 Å². The molecule has 0 radical (unpaired) electrons. The van der Waals surface area contributed by atoms with Gasteiger partial charge in [0.25, 0.3) is 0 Å². The van der Waals surface area contributed by atoms with Crippen LogP contribution in [0.2, 0.25) is 10.0 Å². The molecule has 1 aromatic carbocycles. The number of ether oxygens (including phenoxy) is 1. The molecule has 0 spiro atoms. The van der Waals surface area contributed by atoms with E-state index in [9.17, 15) is 0 Å². The average Bonchev–Trinajstić information content (AvgIpc) is 2.98. The molecule has 1 aliphatic heterocycles. The SMILES string of the molecule is CCC1OC1CCc1cc(Cl)ccc1Cl. The van der Waals surface area contributed by atoms with Crippen molar-refractivity contribution in [3.63, 3.8) is 0 Å². The highest BCUT2D eigenvalue weighted by Gasteiger charge is 2.36. The van der Waals surface area contributed by atoms with Gasteiger partial charge in [0.1, 0.15) is 0 Å². The van der Waals surface area contributed by atoms with E-state index in [0.717, 1.165) is 34.9 Å². The zero-order valence-electron chi connectivity index (χ0n) is 8.67. The van der Waals surface area contributed by atoms with Crippen LogP contribution in [-0.2, 0) is 11.2 Å². The molecule has 0 aliphatic carbocycles. The minimum absolute atomic E-state index is 0.435. The molecule has 2 unspecified atom stereocenters. The number of benzene rings is 1. The molecule has 1 heterocycles. The Hall–Kier alpha value is -0.240. The molecule has 0 saturated carbocycles. The van der Waals surface area contributed by atoms with Crippen LogP contribution < -0.4 is 0 Å². The molecule has 0 bridgehead atoms. The van der Waals surface area contributed by atoms with Crippen molar-refractivity contribution >= 4 is 23.2 Å². The van der Waals surface area contributed by atoms with Crippen molar-refractivity contribution in [3.8, 4) is 0 Å². The predicted octanol–water partition coefficient (Wildman–Crippen LogP) is 4.10. The summed E-state index contributed by atoms with van der Waals surface area (Å²) in [7, 11) is 0. The van der Waals surface area contributed by atoms with E-state index in [1.807, 2.05) is 18.2 Å². The first kappa shape index (κ1) is 11.3. The Labute approximate surface area is 100 Å². The standard InChI is InChI=1S/C12H14Cl2O/c1-2-11-12(15-11)6-3-8-7-9(13)4-5-10(8)14/h4-5,7,11-12H,2-3,6H2,1H3. The van der Waals surface area contributed by atoms with Crippen molar-refractivity contribution in [1.29, 1.82) is 0 Å². The van der Waals surface area contributed by atoms with Crippen LogP contribution in [0.1, 0.15) is 25.3 Å². The first-order chi connectivity index (χ1) is 7.20. The van der Waals surface area contributed by atoms with Crippen LogP contribution in [0.5, 0.6) is 0 Å². The molecule has 1 aromatic rings. The molecule has 1 aliphatic rings. The van der Waals surface area contributed by atoms with Crippen molar-refractivity contribution < 1.29 is 4.74 Å². The number of hydrogen-bond donors (Lipinski definition) is 0. The fraction of sp³-hybridized carbons (Fsp3) is 0.500. The molecule has 1 saturated heterocycles. The van der Waals surface area contributed by atoms with E-state index in [2.05, 4.69) is 6.92 Å². The highest BCUT2D eigenvalue weighted by atomic mass is 35.5. The van der Waals surface area contributed by atoms with E-state index in [1.54, 1.807) is 0 Å². The van der Waals surface area contributed by atoms with Gasteiger partial charge < -0.3 is 4.74 Å². The summed E-state index contributed by atoms with van der Waals surface area (Å²) >= 11 is 12.0. The summed E-state index contributed by atoms with van der Waals surface area (Å²) in [6.07, 6.45) is 4.00. The average molecular weight is 245 g/mol. The second kappa shape index (κ2) is 4.73. The zero-order chi connectivity index (χ0) is 10.8. The smallest absolute Gasteiger partial charge is 0.0845 e. The van der Waals surface area contributed by atoms with Gasteiger partial charge in [0.15, 0.2) is 0 Å². The van der Waals surface area contributed by atoms with Crippen molar-refractivity contribution in [2.45, 2.75) is 38.4 Å². The Balaban J connectivity index is 1.91. The number of aryl methyl sites for hydroxylation is 1. The number of hydrogen-bond acceptors (Lipinski definition) is 1. The topological polar surface area (TPSA) is 12.5 Å². The van der Waals surface area contributed by atoms with Crippen LogP contribution >= 0.6 is 23.2 Å². The summed E-state index contributed by atoms with van der Waals surface area (Å²) in [6.45, 7) is 2.15.